The van der Waals surface area contributed by atoms with Crippen LogP contribution in [0.25, 0.3) is 11.1 Å². The standard InChI is InChI=1S/C15H14O2S/c1-10-5-3-4-6-12(10)14-9-11(18)7-8-13(14)15(16)17-2/h3-9,18H,1-2H3. The molecule has 2 rings (SSSR count). The third-order valence-electron chi connectivity index (χ3n) is 2.84. The molecule has 92 valence electrons. The lowest BCUT2D eigenvalue weighted by molar-refractivity contribution is 0.0601. The molecule has 0 aliphatic rings. The fraction of sp³-hybridized carbons (Fsp3) is 0.133. The minimum absolute atomic E-state index is 0.332. The van der Waals surface area contributed by atoms with Crippen LogP contribution in [0.3, 0.4) is 0 Å². The van der Waals surface area contributed by atoms with Gasteiger partial charge in [0.15, 0.2) is 0 Å². The zero-order valence-corrected chi connectivity index (χ0v) is 11.2. The maximum absolute atomic E-state index is 11.8. The third-order valence-corrected chi connectivity index (χ3v) is 3.12. The van der Waals surface area contributed by atoms with Gasteiger partial charge in [-0.3, -0.25) is 0 Å². The van der Waals surface area contributed by atoms with E-state index in [4.69, 9.17) is 4.74 Å². The van der Waals surface area contributed by atoms with Gasteiger partial charge in [-0.05, 0) is 41.8 Å². The Balaban J connectivity index is 2.66. The quantitative estimate of drug-likeness (QED) is 0.656. The Morgan fingerprint density at radius 3 is 2.50 bits per heavy atom. The molecule has 3 heteroatoms. The Labute approximate surface area is 112 Å². The molecule has 0 heterocycles. The van der Waals surface area contributed by atoms with Crippen molar-refractivity contribution in [1.82, 2.24) is 0 Å². The summed E-state index contributed by atoms with van der Waals surface area (Å²) in [6, 6.07) is 13.4. The Morgan fingerprint density at radius 1 is 1.11 bits per heavy atom. The molecular formula is C15H14O2S. The van der Waals surface area contributed by atoms with Crippen LogP contribution in [0.4, 0.5) is 0 Å². The molecule has 0 aromatic heterocycles. The summed E-state index contributed by atoms with van der Waals surface area (Å²) in [4.78, 5) is 12.6. The smallest absolute Gasteiger partial charge is 0.338 e. The minimum Gasteiger partial charge on any atom is -0.465 e. The molecule has 0 spiro atoms. The number of hydrogen-bond donors (Lipinski definition) is 1. The van der Waals surface area contributed by atoms with Crippen molar-refractivity contribution in [1.29, 1.82) is 0 Å². The number of thiol groups is 1. The van der Waals surface area contributed by atoms with E-state index in [1.807, 2.05) is 37.3 Å². The number of rotatable bonds is 2. The summed E-state index contributed by atoms with van der Waals surface area (Å²) in [6.07, 6.45) is 0. The van der Waals surface area contributed by atoms with Gasteiger partial charge >= 0.3 is 5.97 Å². The van der Waals surface area contributed by atoms with E-state index >= 15 is 0 Å². The highest BCUT2D eigenvalue weighted by molar-refractivity contribution is 7.80. The molecular weight excluding hydrogens is 244 g/mol. The SMILES string of the molecule is COC(=O)c1ccc(S)cc1-c1ccccc1C. The zero-order valence-electron chi connectivity index (χ0n) is 10.3. The van der Waals surface area contributed by atoms with E-state index in [0.29, 0.717) is 5.56 Å². The van der Waals surface area contributed by atoms with Crippen LogP contribution < -0.4 is 0 Å². The van der Waals surface area contributed by atoms with Crippen LogP contribution in [0, 0.1) is 6.92 Å². The van der Waals surface area contributed by atoms with Crippen LogP contribution in [0.1, 0.15) is 15.9 Å². The highest BCUT2D eigenvalue weighted by atomic mass is 32.1. The molecule has 0 radical (unpaired) electrons. The maximum Gasteiger partial charge on any atom is 0.338 e. The molecule has 0 aliphatic carbocycles. The minimum atomic E-state index is -0.332. The average molecular weight is 258 g/mol. The maximum atomic E-state index is 11.8. The second-order valence-electron chi connectivity index (χ2n) is 4.04. The molecule has 0 amide bonds. The summed E-state index contributed by atoms with van der Waals surface area (Å²) in [7, 11) is 1.39. The lowest BCUT2D eigenvalue weighted by Crippen LogP contribution is -2.04. The van der Waals surface area contributed by atoms with E-state index in [9.17, 15) is 4.79 Å². The van der Waals surface area contributed by atoms with Gasteiger partial charge in [-0.15, -0.1) is 12.6 Å². The summed E-state index contributed by atoms with van der Waals surface area (Å²) >= 11 is 4.33. The van der Waals surface area contributed by atoms with Crippen LogP contribution in [0.2, 0.25) is 0 Å². The van der Waals surface area contributed by atoms with Crippen LogP contribution in [0.15, 0.2) is 47.4 Å². The Bertz CT molecular complexity index is 591. The Kier molecular flexibility index (Phi) is 3.72. The fourth-order valence-electron chi connectivity index (χ4n) is 1.92. The van der Waals surface area contributed by atoms with Crippen molar-refractivity contribution in [3.05, 3.63) is 53.6 Å². The lowest BCUT2D eigenvalue weighted by atomic mass is 9.96. The van der Waals surface area contributed by atoms with E-state index in [-0.39, 0.29) is 5.97 Å². The second kappa shape index (κ2) is 5.27. The summed E-state index contributed by atoms with van der Waals surface area (Å²) in [6.45, 7) is 2.02. The number of carbonyl (C=O) groups is 1. The molecule has 18 heavy (non-hydrogen) atoms. The van der Waals surface area contributed by atoms with Gasteiger partial charge in [-0.1, -0.05) is 24.3 Å². The topological polar surface area (TPSA) is 26.3 Å². The highest BCUT2D eigenvalue weighted by Crippen LogP contribution is 2.29. The summed E-state index contributed by atoms with van der Waals surface area (Å²) in [5, 5.41) is 0. The second-order valence-corrected chi connectivity index (χ2v) is 4.55. The van der Waals surface area contributed by atoms with Gasteiger partial charge < -0.3 is 4.74 Å². The van der Waals surface area contributed by atoms with Crippen LogP contribution in [0.5, 0.6) is 0 Å². The predicted octanol–water partition coefficient (Wildman–Crippen LogP) is 3.74. The molecule has 0 atom stereocenters. The molecule has 0 saturated carbocycles. The van der Waals surface area contributed by atoms with Gasteiger partial charge in [0.25, 0.3) is 0 Å². The first-order chi connectivity index (χ1) is 8.63. The van der Waals surface area contributed by atoms with Crippen molar-refractivity contribution >= 4 is 18.6 Å². The first kappa shape index (κ1) is 12.7. The highest BCUT2D eigenvalue weighted by Gasteiger charge is 2.14. The van der Waals surface area contributed by atoms with Crippen LogP contribution >= 0.6 is 12.6 Å². The van der Waals surface area contributed by atoms with Crippen LogP contribution in [-0.4, -0.2) is 13.1 Å². The molecule has 2 aromatic rings. The molecule has 0 fully saturated rings. The van der Waals surface area contributed by atoms with Gasteiger partial charge in [-0.2, -0.15) is 0 Å². The van der Waals surface area contributed by atoms with E-state index in [2.05, 4.69) is 12.6 Å². The number of benzene rings is 2. The molecule has 2 aromatic carbocycles. The number of carbonyl (C=O) groups excluding carboxylic acids is 1. The average Bonchev–Trinajstić information content (AvgIpc) is 2.38. The number of ether oxygens (including phenoxy) is 1. The Hall–Kier alpha value is -1.74. The van der Waals surface area contributed by atoms with Crippen molar-refractivity contribution in [2.24, 2.45) is 0 Å². The van der Waals surface area contributed by atoms with E-state index in [0.717, 1.165) is 21.6 Å². The third kappa shape index (κ3) is 2.41. The molecule has 0 aliphatic heterocycles. The molecule has 0 saturated heterocycles. The summed E-state index contributed by atoms with van der Waals surface area (Å²) in [5.41, 5.74) is 3.55. The first-order valence-electron chi connectivity index (χ1n) is 5.61. The van der Waals surface area contributed by atoms with E-state index in [1.54, 1.807) is 12.1 Å². The van der Waals surface area contributed by atoms with E-state index in [1.165, 1.54) is 7.11 Å². The first-order valence-corrected chi connectivity index (χ1v) is 6.05. The lowest BCUT2D eigenvalue weighted by Gasteiger charge is -2.11. The van der Waals surface area contributed by atoms with Gasteiger partial charge in [0.05, 0.1) is 12.7 Å². The van der Waals surface area contributed by atoms with Crippen molar-refractivity contribution in [2.45, 2.75) is 11.8 Å². The van der Waals surface area contributed by atoms with Crippen molar-refractivity contribution < 1.29 is 9.53 Å². The number of methoxy groups -OCH3 is 1. The van der Waals surface area contributed by atoms with Crippen molar-refractivity contribution in [3.63, 3.8) is 0 Å². The van der Waals surface area contributed by atoms with Gasteiger partial charge in [0.2, 0.25) is 0 Å². The normalized spacial score (nSPS) is 10.2. The van der Waals surface area contributed by atoms with E-state index < -0.39 is 0 Å². The summed E-state index contributed by atoms with van der Waals surface area (Å²) < 4.78 is 4.81. The fourth-order valence-corrected chi connectivity index (χ4v) is 2.12. The molecule has 0 N–H and O–H groups in total. The number of hydrogen-bond acceptors (Lipinski definition) is 3. The Morgan fingerprint density at radius 2 is 1.83 bits per heavy atom. The monoisotopic (exact) mass is 258 g/mol. The van der Waals surface area contributed by atoms with Crippen LogP contribution in [-0.2, 0) is 4.74 Å². The van der Waals surface area contributed by atoms with Gasteiger partial charge in [0.1, 0.15) is 0 Å². The van der Waals surface area contributed by atoms with Gasteiger partial charge in [-0.25, -0.2) is 4.79 Å². The largest absolute Gasteiger partial charge is 0.465 e. The van der Waals surface area contributed by atoms with Crippen molar-refractivity contribution in [3.8, 4) is 11.1 Å². The van der Waals surface area contributed by atoms with Crippen molar-refractivity contribution in [2.75, 3.05) is 7.11 Å². The molecule has 0 bridgehead atoms. The number of esters is 1. The predicted molar refractivity (Wildman–Crippen MR) is 75.2 cm³/mol. The zero-order chi connectivity index (χ0) is 13.1. The molecule has 0 unspecified atom stereocenters. The number of aryl methyl sites for hydroxylation is 1. The molecule has 2 nitrogen and oxygen atoms in total. The van der Waals surface area contributed by atoms with Gasteiger partial charge in [0, 0.05) is 4.90 Å². The summed E-state index contributed by atoms with van der Waals surface area (Å²) in [5.74, 6) is -0.332.